The summed E-state index contributed by atoms with van der Waals surface area (Å²) in [5.74, 6) is -1.14. The van der Waals surface area contributed by atoms with Gasteiger partial charge in [-0.1, -0.05) is 18.2 Å². The summed E-state index contributed by atoms with van der Waals surface area (Å²) in [5, 5.41) is 9.93. The molecule has 3 aromatic rings. The van der Waals surface area contributed by atoms with E-state index in [1.165, 1.54) is 0 Å². The summed E-state index contributed by atoms with van der Waals surface area (Å²) in [4.78, 5) is 18.9. The molecule has 7 nitrogen and oxygen atoms in total. The molecule has 15 heteroatoms. The van der Waals surface area contributed by atoms with Gasteiger partial charge in [0.1, 0.15) is 5.82 Å². The number of nitrogens with zero attached hydrogens (tertiary/aromatic N) is 3. The number of carbonyl (C=O) groups is 1. The molecule has 1 fully saturated rings. The maximum absolute atomic E-state index is 13.9. The van der Waals surface area contributed by atoms with E-state index in [-0.39, 0.29) is 36.6 Å². The number of carbonyl (C=O) groups excluding carboxylic acids is 1. The van der Waals surface area contributed by atoms with Crippen LogP contribution in [0, 0.1) is 5.82 Å². The lowest BCUT2D eigenvalue weighted by atomic mass is 9.87. The zero-order valence-electron chi connectivity index (χ0n) is 22.8. The number of anilines is 1. The van der Waals surface area contributed by atoms with Crippen LogP contribution in [0.1, 0.15) is 48.4 Å². The van der Waals surface area contributed by atoms with E-state index in [1.54, 1.807) is 23.4 Å². The van der Waals surface area contributed by atoms with Crippen LogP contribution in [0.2, 0.25) is 0 Å². The van der Waals surface area contributed by atoms with Crippen molar-refractivity contribution in [3.05, 3.63) is 89.5 Å². The molecule has 3 heterocycles. The number of sulfonamides is 1. The second-order valence-electron chi connectivity index (χ2n) is 10.7. The number of hydrogen-bond acceptors (Lipinski definition) is 5. The Kier molecular flexibility index (Phi) is 8.16. The minimum absolute atomic E-state index is 0.134. The van der Waals surface area contributed by atoms with Gasteiger partial charge in [0, 0.05) is 30.9 Å². The van der Waals surface area contributed by atoms with Crippen molar-refractivity contribution >= 4 is 21.6 Å². The summed E-state index contributed by atoms with van der Waals surface area (Å²) in [5.41, 5.74) is -6.41. The van der Waals surface area contributed by atoms with E-state index in [4.69, 9.17) is 0 Å². The van der Waals surface area contributed by atoms with Crippen LogP contribution in [0.15, 0.2) is 71.9 Å². The van der Waals surface area contributed by atoms with E-state index < -0.39 is 56.2 Å². The van der Waals surface area contributed by atoms with Gasteiger partial charge in [-0.05, 0) is 73.2 Å². The number of pyridine rings is 1. The Balaban J connectivity index is 1.55. The summed E-state index contributed by atoms with van der Waals surface area (Å²) in [6.07, 6.45) is -8.40. The van der Waals surface area contributed by atoms with Crippen LogP contribution in [-0.2, 0) is 26.8 Å². The van der Waals surface area contributed by atoms with Gasteiger partial charge < -0.3 is 10.0 Å². The second kappa shape index (κ2) is 11.3. The molecule has 0 bridgehead atoms. The Morgan fingerprint density at radius 2 is 1.66 bits per heavy atom. The minimum Gasteiger partial charge on any atom is -0.369 e. The molecule has 1 amide bonds. The van der Waals surface area contributed by atoms with Crippen molar-refractivity contribution in [3.63, 3.8) is 0 Å². The average molecular weight is 646 g/mol. The summed E-state index contributed by atoms with van der Waals surface area (Å²) in [7, 11) is -4.60. The first kappa shape index (κ1) is 31.7. The topological polar surface area (TPSA) is 90.8 Å². The molecule has 236 valence electrons. The molecule has 2 atom stereocenters. The highest BCUT2D eigenvalue weighted by Gasteiger charge is 2.71. The highest BCUT2D eigenvalue weighted by molar-refractivity contribution is 7.92. The molecule has 5 rings (SSSR count). The van der Waals surface area contributed by atoms with Crippen molar-refractivity contribution in [3.8, 4) is 0 Å². The predicted octanol–water partition coefficient (Wildman–Crippen LogP) is 5.80. The number of alkyl halides is 6. The summed E-state index contributed by atoms with van der Waals surface area (Å²) in [6, 6.07) is 7.48. The Hall–Kier alpha value is -3.72. The largest absolute Gasteiger partial charge is 0.430 e. The lowest BCUT2D eigenvalue weighted by Crippen LogP contribution is -2.54. The van der Waals surface area contributed by atoms with E-state index in [1.807, 2.05) is 6.07 Å². The van der Waals surface area contributed by atoms with Crippen LogP contribution in [0.5, 0.6) is 0 Å². The molecule has 0 aliphatic carbocycles. The highest BCUT2D eigenvalue weighted by Crippen LogP contribution is 2.51. The number of benzene rings is 2. The molecule has 1 aromatic heterocycles. The Morgan fingerprint density at radius 1 is 0.977 bits per heavy atom. The molecule has 0 spiro atoms. The van der Waals surface area contributed by atoms with Gasteiger partial charge in [0.2, 0.25) is 5.91 Å². The molecule has 2 aliphatic rings. The summed E-state index contributed by atoms with van der Waals surface area (Å²) < 4.78 is 124. The van der Waals surface area contributed by atoms with E-state index in [0.717, 1.165) is 40.2 Å². The molecule has 0 radical (unpaired) electrons. The Labute approximate surface area is 248 Å². The monoisotopic (exact) mass is 645 g/mol. The SMILES string of the molecule is O=C(C[C@@H]1CCc2cc(C(O)(C(F)(F)F)C(F)(F)F)ccc2N1S(=O)(=O)c1ccc(F)cc1)N1CCCC1c1cccnc1. The number of hydrogen-bond donors (Lipinski definition) is 1. The quantitative estimate of drug-likeness (QED) is 0.343. The number of aromatic nitrogens is 1. The molecule has 1 saturated heterocycles. The third kappa shape index (κ3) is 5.51. The number of likely N-dealkylation sites (tertiary alicyclic amines) is 1. The van der Waals surface area contributed by atoms with Crippen LogP contribution in [0.25, 0.3) is 0 Å². The fourth-order valence-electron chi connectivity index (χ4n) is 5.88. The van der Waals surface area contributed by atoms with Gasteiger partial charge in [-0.2, -0.15) is 26.3 Å². The molecule has 1 unspecified atom stereocenters. The standard InChI is InChI=1S/C29H26F7N3O4S/c30-21-7-10-23(11-8-21)44(42,43)39-22(16-26(40)38-14-2-4-24(38)19-3-1-13-37-17-19)9-5-18-15-20(6-12-25(18)39)27(41,28(31,32)33)29(34,35)36/h1,3,6-8,10-13,15,17,22,24,41H,2,4-5,9,14,16H2/t22-,24?/m0/s1. The van der Waals surface area contributed by atoms with Gasteiger partial charge in [-0.3, -0.25) is 14.1 Å². The van der Waals surface area contributed by atoms with Crippen molar-refractivity contribution in [2.45, 2.75) is 67.0 Å². The molecular formula is C29H26F7N3O4S. The normalized spacial score (nSPS) is 19.6. The fourth-order valence-corrected chi connectivity index (χ4v) is 7.60. The van der Waals surface area contributed by atoms with Crippen molar-refractivity contribution < 1.29 is 49.1 Å². The zero-order valence-corrected chi connectivity index (χ0v) is 23.6. The smallest absolute Gasteiger partial charge is 0.369 e. The number of halogens is 7. The number of aliphatic hydroxyl groups is 1. The Morgan fingerprint density at radius 3 is 2.27 bits per heavy atom. The number of rotatable bonds is 6. The molecule has 44 heavy (non-hydrogen) atoms. The number of amides is 1. The van der Waals surface area contributed by atoms with E-state index in [2.05, 4.69) is 4.98 Å². The van der Waals surface area contributed by atoms with Crippen LogP contribution in [-0.4, -0.2) is 54.3 Å². The van der Waals surface area contributed by atoms with Crippen molar-refractivity contribution in [1.29, 1.82) is 0 Å². The molecule has 0 saturated carbocycles. The number of aryl methyl sites for hydroxylation is 1. The average Bonchev–Trinajstić information content (AvgIpc) is 3.46. The summed E-state index contributed by atoms with van der Waals surface area (Å²) >= 11 is 0. The summed E-state index contributed by atoms with van der Waals surface area (Å²) in [6.45, 7) is 0.392. The lowest BCUT2D eigenvalue weighted by Gasteiger charge is -2.40. The lowest BCUT2D eigenvalue weighted by molar-refractivity contribution is -0.376. The van der Waals surface area contributed by atoms with Gasteiger partial charge in [-0.15, -0.1) is 0 Å². The van der Waals surface area contributed by atoms with Gasteiger partial charge >= 0.3 is 12.4 Å². The number of fused-ring (bicyclic) bond motifs is 1. The van der Waals surface area contributed by atoms with Crippen molar-refractivity contribution in [2.75, 3.05) is 10.8 Å². The minimum atomic E-state index is -6.14. The van der Waals surface area contributed by atoms with Gasteiger partial charge in [0.15, 0.2) is 0 Å². The zero-order chi connectivity index (χ0) is 32.1. The third-order valence-electron chi connectivity index (χ3n) is 8.06. The molecule has 2 aliphatic heterocycles. The molecule has 2 aromatic carbocycles. The van der Waals surface area contributed by atoms with Crippen molar-refractivity contribution in [1.82, 2.24) is 9.88 Å². The van der Waals surface area contributed by atoms with Gasteiger partial charge in [0.05, 0.1) is 22.7 Å². The third-order valence-corrected chi connectivity index (χ3v) is 9.94. The van der Waals surface area contributed by atoms with Crippen LogP contribution in [0.3, 0.4) is 0 Å². The first-order valence-electron chi connectivity index (χ1n) is 13.5. The van der Waals surface area contributed by atoms with E-state index in [0.29, 0.717) is 31.5 Å². The predicted molar refractivity (Wildman–Crippen MR) is 143 cm³/mol. The maximum atomic E-state index is 13.9. The van der Waals surface area contributed by atoms with Gasteiger partial charge in [0.25, 0.3) is 15.6 Å². The van der Waals surface area contributed by atoms with Crippen LogP contribution >= 0.6 is 0 Å². The van der Waals surface area contributed by atoms with Crippen molar-refractivity contribution in [2.24, 2.45) is 0 Å². The fraction of sp³-hybridized carbons (Fsp3) is 0.379. The molecule has 1 N–H and O–H groups in total. The van der Waals surface area contributed by atoms with E-state index in [9.17, 15) is 49.1 Å². The van der Waals surface area contributed by atoms with E-state index >= 15 is 0 Å². The van der Waals surface area contributed by atoms with Crippen LogP contribution < -0.4 is 4.31 Å². The highest BCUT2D eigenvalue weighted by atomic mass is 32.2. The maximum Gasteiger partial charge on any atom is 0.430 e. The first-order valence-corrected chi connectivity index (χ1v) is 15.0. The Bertz CT molecular complexity index is 1620. The molecular weight excluding hydrogens is 619 g/mol. The van der Waals surface area contributed by atoms with Crippen LogP contribution in [0.4, 0.5) is 36.4 Å². The first-order chi connectivity index (χ1) is 20.6. The second-order valence-corrected chi connectivity index (χ2v) is 12.5. The van der Waals surface area contributed by atoms with Gasteiger partial charge in [-0.25, -0.2) is 12.8 Å².